The third kappa shape index (κ3) is 3.57. The molecule has 0 spiro atoms. The van der Waals surface area contributed by atoms with Crippen molar-refractivity contribution in [2.24, 2.45) is 0 Å². The van der Waals surface area contributed by atoms with Gasteiger partial charge in [0.2, 0.25) is 5.91 Å². The number of likely N-dealkylation sites (tertiary alicyclic amines) is 1. The zero-order chi connectivity index (χ0) is 15.6. The maximum Gasteiger partial charge on any atom is 0.326 e. The Bertz CT molecular complexity index is 646. The van der Waals surface area contributed by atoms with Crippen LogP contribution in [0.15, 0.2) is 30.3 Å². The molecule has 8 heteroatoms. The number of halogens is 1. The van der Waals surface area contributed by atoms with Gasteiger partial charge in [0, 0.05) is 19.4 Å². The molecule has 21 heavy (non-hydrogen) atoms. The third-order valence-corrected chi connectivity index (χ3v) is 4.57. The number of nitrogens with zero attached hydrogens (tertiary/aromatic N) is 1. The summed E-state index contributed by atoms with van der Waals surface area (Å²) < 4.78 is 34.7. The zero-order valence-electron chi connectivity index (χ0n) is 11.0. The lowest BCUT2D eigenvalue weighted by atomic mass is 10.1. The van der Waals surface area contributed by atoms with Crippen LogP contribution < -0.4 is 0 Å². The Kier molecular flexibility index (Phi) is 4.26. The molecule has 1 aliphatic heterocycles. The van der Waals surface area contributed by atoms with Crippen molar-refractivity contribution in [3.8, 4) is 0 Å². The van der Waals surface area contributed by atoms with E-state index in [1.807, 2.05) is 0 Å². The number of rotatable bonds is 5. The molecule has 0 radical (unpaired) electrons. The van der Waals surface area contributed by atoms with Gasteiger partial charge in [-0.3, -0.25) is 4.79 Å². The molecule has 1 amide bonds. The van der Waals surface area contributed by atoms with E-state index < -0.39 is 46.4 Å². The second kappa shape index (κ2) is 5.80. The highest BCUT2D eigenvalue weighted by Gasteiger charge is 2.43. The number of hydrogen-bond donors (Lipinski definition) is 1. The van der Waals surface area contributed by atoms with Crippen LogP contribution in [0.2, 0.25) is 0 Å². The van der Waals surface area contributed by atoms with E-state index in [2.05, 4.69) is 0 Å². The third-order valence-electron chi connectivity index (χ3n) is 3.45. The van der Waals surface area contributed by atoms with Gasteiger partial charge in [-0.25, -0.2) is 4.79 Å². The smallest absolute Gasteiger partial charge is 0.326 e. The number of hydrogen-bond acceptors (Lipinski definition) is 4. The highest BCUT2D eigenvalue weighted by molar-refractivity contribution is 7.87. The van der Waals surface area contributed by atoms with Gasteiger partial charge in [-0.05, 0) is 5.56 Å². The van der Waals surface area contributed by atoms with Gasteiger partial charge in [-0.1, -0.05) is 30.3 Å². The predicted molar refractivity (Wildman–Crippen MR) is 71.7 cm³/mol. The first-order valence-electron chi connectivity index (χ1n) is 6.28. The van der Waals surface area contributed by atoms with E-state index in [0.29, 0.717) is 5.56 Å². The molecule has 1 aromatic rings. The van der Waals surface area contributed by atoms with E-state index in [4.69, 9.17) is 0 Å². The lowest BCUT2D eigenvalue weighted by molar-refractivity contribution is -0.148. The molecule has 2 atom stereocenters. The van der Waals surface area contributed by atoms with Crippen LogP contribution >= 0.6 is 0 Å². The van der Waals surface area contributed by atoms with Crippen LogP contribution in [0.3, 0.4) is 0 Å². The van der Waals surface area contributed by atoms with E-state index in [1.54, 1.807) is 30.3 Å². The molecule has 1 unspecified atom stereocenters. The van der Waals surface area contributed by atoms with E-state index in [9.17, 15) is 27.0 Å². The fourth-order valence-electron chi connectivity index (χ4n) is 2.36. The molecule has 2 rings (SSSR count). The minimum absolute atomic E-state index is 0.0426. The Hall–Kier alpha value is -1.96. The Morgan fingerprint density at radius 2 is 2.00 bits per heavy atom. The maximum absolute atomic E-state index is 13.0. The number of amides is 1. The summed E-state index contributed by atoms with van der Waals surface area (Å²) >= 11 is 0. The van der Waals surface area contributed by atoms with E-state index in [-0.39, 0.29) is 6.42 Å². The molecule has 1 aliphatic rings. The minimum Gasteiger partial charge on any atom is -0.480 e. The van der Waals surface area contributed by atoms with Crippen molar-refractivity contribution in [1.82, 2.24) is 4.90 Å². The standard InChI is InChI=1S/C13H14FNO5S/c14-21(19,20)10-7-12(16)15(8-10)11(13(17)18)6-9-4-2-1-3-5-9/h1-5,10-11H,6-8H2,(H,17,18)/t10?,11-/m0/s1. The van der Waals surface area contributed by atoms with Crippen molar-refractivity contribution < 1.29 is 27.0 Å². The molecule has 1 saturated heterocycles. The summed E-state index contributed by atoms with van der Waals surface area (Å²) in [5.74, 6) is -1.91. The van der Waals surface area contributed by atoms with Crippen LogP contribution in [0.1, 0.15) is 12.0 Å². The lowest BCUT2D eigenvalue weighted by Gasteiger charge is -2.24. The Balaban J connectivity index is 2.20. The fourth-order valence-corrected chi connectivity index (χ4v) is 3.04. The van der Waals surface area contributed by atoms with Gasteiger partial charge in [0.05, 0.1) is 0 Å². The van der Waals surface area contributed by atoms with Crippen LogP contribution in [-0.2, 0) is 26.2 Å². The van der Waals surface area contributed by atoms with Gasteiger partial charge < -0.3 is 10.0 Å². The normalized spacial score (nSPS) is 20.5. The number of carbonyl (C=O) groups excluding carboxylic acids is 1. The van der Waals surface area contributed by atoms with Gasteiger partial charge in [-0.2, -0.15) is 8.42 Å². The molecule has 114 valence electrons. The van der Waals surface area contributed by atoms with Crippen molar-refractivity contribution in [3.05, 3.63) is 35.9 Å². The monoisotopic (exact) mass is 315 g/mol. The fraction of sp³-hybridized carbons (Fsp3) is 0.385. The largest absolute Gasteiger partial charge is 0.480 e. The second-order valence-electron chi connectivity index (χ2n) is 4.89. The van der Waals surface area contributed by atoms with E-state index in [0.717, 1.165) is 4.90 Å². The van der Waals surface area contributed by atoms with Crippen molar-refractivity contribution in [3.63, 3.8) is 0 Å². The first kappa shape index (κ1) is 15.4. The summed E-state index contributed by atoms with van der Waals surface area (Å²) in [6.45, 7) is -0.429. The number of carbonyl (C=O) groups is 2. The van der Waals surface area contributed by atoms with Crippen LogP contribution in [-0.4, -0.2) is 48.1 Å². The molecular formula is C13H14FNO5S. The SMILES string of the molecule is O=C(O)[C@H](Cc1ccccc1)N1CC(S(=O)(=O)F)CC1=O. The van der Waals surface area contributed by atoms with Crippen LogP contribution in [0.5, 0.6) is 0 Å². The molecule has 6 nitrogen and oxygen atoms in total. The summed E-state index contributed by atoms with van der Waals surface area (Å²) in [5.41, 5.74) is 0.698. The molecule has 1 aromatic carbocycles. The Morgan fingerprint density at radius 3 is 2.48 bits per heavy atom. The Morgan fingerprint density at radius 1 is 1.38 bits per heavy atom. The Labute approximate surface area is 121 Å². The predicted octanol–water partition coefficient (Wildman–Crippen LogP) is 0.583. The quantitative estimate of drug-likeness (QED) is 0.803. The number of carboxylic acid groups (broad SMARTS) is 1. The molecule has 0 saturated carbocycles. The first-order valence-corrected chi connectivity index (χ1v) is 7.73. The molecule has 1 N–H and O–H groups in total. The zero-order valence-corrected chi connectivity index (χ0v) is 11.8. The summed E-state index contributed by atoms with van der Waals surface area (Å²) in [5, 5.41) is 7.78. The summed E-state index contributed by atoms with van der Waals surface area (Å²) in [7, 11) is -4.86. The minimum atomic E-state index is -4.86. The van der Waals surface area contributed by atoms with Crippen molar-refractivity contribution >= 4 is 22.1 Å². The van der Waals surface area contributed by atoms with Crippen LogP contribution in [0.25, 0.3) is 0 Å². The summed E-state index contributed by atoms with van der Waals surface area (Å²) in [6.07, 6.45) is -0.474. The topological polar surface area (TPSA) is 91.8 Å². The molecule has 1 fully saturated rings. The first-order chi connectivity index (χ1) is 9.79. The van der Waals surface area contributed by atoms with Gasteiger partial charge in [0.25, 0.3) is 0 Å². The lowest BCUT2D eigenvalue weighted by Crippen LogP contribution is -2.44. The average Bonchev–Trinajstić information content (AvgIpc) is 2.79. The van der Waals surface area contributed by atoms with E-state index >= 15 is 0 Å². The highest BCUT2D eigenvalue weighted by Crippen LogP contribution is 2.23. The van der Waals surface area contributed by atoms with Crippen molar-refractivity contribution in [2.75, 3.05) is 6.54 Å². The van der Waals surface area contributed by atoms with Crippen LogP contribution in [0.4, 0.5) is 3.89 Å². The van der Waals surface area contributed by atoms with Gasteiger partial charge in [0.15, 0.2) is 0 Å². The molecule has 0 aliphatic carbocycles. The highest BCUT2D eigenvalue weighted by atomic mass is 32.3. The molecule has 0 aromatic heterocycles. The summed E-state index contributed by atoms with van der Waals surface area (Å²) in [4.78, 5) is 24.1. The molecule has 1 heterocycles. The molecular weight excluding hydrogens is 301 g/mol. The maximum atomic E-state index is 13.0. The number of carboxylic acids is 1. The van der Waals surface area contributed by atoms with Crippen LogP contribution in [0, 0.1) is 0 Å². The van der Waals surface area contributed by atoms with Gasteiger partial charge in [-0.15, -0.1) is 3.89 Å². The van der Waals surface area contributed by atoms with Crippen molar-refractivity contribution in [2.45, 2.75) is 24.1 Å². The van der Waals surface area contributed by atoms with Gasteiger partial charge >= 0.3 is 16.2 Å². The summed E-state index contributed by atoms with van der Waals surface area (Å²) in [6, 6.07) is 7.45. The van der Waals surface area contributed by atoms with Gasteiger partial charge in [0.1, 0.15) is 11.3 Å². The number of benzene rings is 1. The number of aliphatic carboxylic acids is 1. The molecule has 0 bridgehead atoms. The second-order valence-corrected chi connectivity index (χ2v) is 6.51. The van der Waals surface area contributed by atoms with Crippen molar-refractivity contribution in [1.29, 1.82) is 0 Å². The van der Waals surface area contributed by atoms with E-state index in [1.165, 1.54) is 0 Å². The average molecular weight is 315 g/mol.